The average Bonchev–Trinajstić information content (AvgIpc) is 2.37. The molecule has 5 heteroatoms. The van der Waals surface area contributed by atoms with Crippen LogP contribution < -0.4 is 16.4 Å². The molecule has 18 heavy (non-hydrogen) atoms. The third-order valence-electron chi connectivity index (χ3n) is 2.95. The molecule has 0 aliphatic rings. The molecule has 1 rings (SSSR count). The molecule has 0 aliphatic carbocycles. The van der Waals surface area contributed by atoms with Gasteiger partial charge in [-0.15, -0.1) is 0 Å². The van der Waals surface area contributed by atoms with Crippen LogP contribution in [-0.2, 0) is 9.59 Å². The van der Waals surface area contributed by atoms with Crippen molar-refractivity contribution in [2.75, 3.05) is 11.9 Å². The quantitative estimate of drug-likeness (QED) is 0.699. The van der Waals surface area contributed by atoms with Crippen LogP contribution in [0.15, 0.2) is 30.3 Å². The first-order valence-corrected chi connectivity index (χ1v) is 5.88. The van der Waals surface area contributed by atoms with Crippen molar-refractivity contribution in [1.29, 1.82) is 0 Å². The number of nitrogens with two attached hydrogens (primary N) is 1. The van der Waals surface area contributed by atoms with E-state index < -0.39 is 11.4 Å². The fourth-order valence-corrected chi connectivity index (χ4v) is 1.39. The van der Waals surface area contributed by atoms with Crippen LogP contribution in [0.25, 0.3) is 0 Å². The van der Waals surface area contributed by atoms with Crippen molar-refractivity contribution in [2.45, 2.75) is 25.8 Å². The van der Waals surface area contributed by atoms with Gasteiger partial charge in [-0.2, -0.15) is 0 Å². The fraction of sp³-hybridized carbons (Fsp3) is 0.385. The Bertz CT molecular complexity index is 420. The van der Waals surface area contributed by atoms with E-state index in [0.717, 1.165) is 5.69 Å². The Kier molecular flexibility index (Phi) is 4.85. The predicted molar refractivity (Wildman–Crippen MR) is 71.0 cm³/mol. The molecule has 4 N–H and O–H groups in total. The molecule has 0 fully saturated rings. The van der Waals surface area contributed by atoms with E-state index in [1.165, 1.54) is 0 Å². The number of hydrogen-bond acceptors (Lipinski definition) is 3. The Balaban J connectivity index is 2.49. The molecule has 0 saturated heterocycles. The second-order valence-corrected chi connectivity index (χ2v) is 4.32. The minimum Gasteiger partial charge on any atom is -0.368 e. The van der Waals surface area contributed by atoms with Gasteiger partial charge >= 0.3 is 0 Å². The molecule has 0 bridgehead atoms. The summed E-state index contributed by atoms with van der Waals surface area (Å²) in [5, 5.41) is 5.60. The zero-order chi connectivity index (χ0) is 13.6. The van der Waals surface area contributed by atoms with Crippen molar-refractivity contribution in [1.82, 2.24) is 5.32 Å². The first kappa shape index (κ1) is 14.2. The highest BCUT2D eigenvalue weighted by atomic mass is 16.2. The Labute approximate surface area is 107 Å². The van der Waals surface area contributed by atoms with E-state index >= 15 is 0 Å². The molecule has 0 spiro atoms. The fourth-order valence-electron chi connectivity index (χ4n) is 1.39. The van der Waals surface area contributed by atoms with Crippen LogP contribution in [0.5, 0.6) is 0 Å². The number of carbonyl (C=O) groups is 2. The van der Waals surface area contributed by atoms with Gasteiger partial charge < -0.3 is 11.1 Å². The SMILES string of the molecule is CCC(C)(NCC(=O)Nc1ccccc1)C(N)=O. The molecule has 0 aromatic heterocycles. The number of benzene rings is 1. The number of primary amides is 1. The lowest BCUT2D eigenvalue weighted by molar-refractivity contribution is -0.124. The van der Waals surface area contributed by atoms with Gasteiger partial charge in [-0.25, -0.2) is 0 Å². The van der Waals surface area contributed by atoms with Gasteiger partial charge in [-0.1, -0.05) is 25.1 Å². The number of rotatable bonds is 6. The Morgan fingerprint density at radius 1 is 1.28 bits per heavy atom. The summed E-state index contributed by atoms with van der Waals surface area (Å²) in [6.07, 6.45) is 0.529. The van der Waals surface area contributed by atoms with E-state index in [9.17, 15) is 9.59 Å². The average molecular weight is 249 g/mol. The summed E-state index contributed by atoms with van der Waals surface area (Å²) < 4.78 is 0. The van der Waals surface area contributed by atoms with Crippen LogP contribution in [0.2, 0.25) is 0 Å². The first-order chi connectivity index (χ1) is 8.48. The largest absolute Gasteiger partial charge is 0.368 e. The number of amides is 2. The van der Waals surface area contributed by atoms with Crippen LogP contribution in [0.3, 0.4) is 0 Å². The Morgan fingerprint density at radius 3 is 2.39 bits per heavy atom. The van der Waals surface area contributed by atoms with Crippen LogP contribution in [0.4, 0.5) is 5.69 Å². The van der Waals surface area contributed by atoms with E-state index in [1.54, 1.807) is 19.1 Å². The third-order valence-corrected chi connectivity index (χ3v) is 2.95. The first-order valence-electron chi connectivity index (χ1n) is 5.88. The zero-order valence-electron chi connectivity index (χ0n) is 10.7. The predicted octanol–water partition coefficient (Wildman–Crippen LogP) is 0.869. The zero-order valence-corrected chi connectivity index (χ0v) is 10.7. The molecule has 0 heterocycles. The molecule has 2 amide bonds. The van der Waals surface area contributed by atoms with Crippen molar-refractivity contribution in [3.05, 3.63) is 30.3 Å². The topological polar surface area (TPSA) is 84.2 Å². The molecule has 0 radical (unpaired) electrons. The van der Waals surface area contributed by atoms with Crippen molar-refractivity contribution >= 4 is 17.5 Å². The third kappa shape index (κ3) is 3.85. The maximum atomic E-state index is 11.7. The van der Waals surface area contributed by atoms with E-state index in [0.29, 0.717) is 6.42 Å². The van der Waals surface area contributed by atoms with Crippen molar-refractivity contribution in [2.24, 2.45) is 5.73 Å². The van der Waals surface area contributed by atoms with Crippen molar-refractivity contribution in [3.63, 3.8) is 0 Å². The molecular weight excluding hydrogens is 230 g/mol. The molecule has 5 nitrogen and oxygen atoms in total. The van der Waals surface area contributed by atoms with Gasteiger partial charge in [0.15, 0.2) is 0 Å². The van der Waals surface area contributed by atoms with Gasteiger partial charge in [-0.05, 0) is 25.5 Å². The molecule has 1 atom stereocenters. The number of carbonyl (C=O) groups excluding carboxylic acids is 2. The number of hydrogen-bond donors (Lipinski definition) is 3. The highest BCUT2D eigenvalue weighted by Crippen LogP contribution is 2.08. The maximum Gasteiger partial charge on any atom is 0.238 e. The van der Waals surface area contributed by atoms with E-state index in [4.69, 9.17) is 5.73 Å². The molecule has 0 aliphatic heterocycles. The van der Waals surface area contributed by atoms with Crippen LogP contribution in [-0.4, -0.2) is 23.9 Å². The van der Waals surface area contributed by atoms with Crippen LogP contribution >= 0.6 is 0 Å². The summed E-state index contributed by atoms with van der Waals surface area (Å²) >= 11 is 0. The van der Waals surface area contributed by atoms with Gasteiger partial charge in [0.2, 0.25) is 11.8 Å². The Hall–Kier alpha value is -1.88. The van der Waals surface area contributed by atoms with E-state index in [2.05, 4.69) is 10.6 Å². The van der Waals surface area contributed by atoms with E-state index in [-0.39, 0.29) is 12.5 Å². The molecule has 0 saturated carbocycles. The summed E-state index contributed by atoms with van der Waals surface area (Å²) in [7, 11) is 0. The normalized spacial score (nSPS) is 13.7. The maximum absolute atomic E-state index is 11.7. The second-order valence-electron chi connectivity index (χ2n) is 4.32. The molecule has 1 unspecified atom stereocenters. The van der Waals surface area contributed by atoms with Crippen molar-refractivity contribution in [3.8, 4) is 0 Å². The number of anilines is 1. The number of para-hydroxylation sites is 1. The lowest BCUT2D eigenvalue weighted by Crippen LogP contribution is -2.54. The van der Waals surface area contributed by atoms with Crippen LogP contribution in [0.1, 0.15) is 20.3 Å². The minimum atomic E-state index is -0.853. The lowest BCUT2D eigenvalue weighted by Gasteiger charge is -2.25. The van der Waals surface area contributed by atoms with E-state index in [1.807, 2.05) is 25.1 Å². The Morgan fingerprint density at radius 2 is 1.89 bits per heavy atom. The lowest BCUT2D eigenvalue weighted by atomic mass is 9.98. The molecular formula is C13H19N3O2. The summed E-state index contributed by atoms with van der Waals surface area (Å²) in [5.41, 5.74) is 5.16. The van der Waals surface area contributed by atoms with Crippen LogP contribution in [0, 0.1) is 0 Å². The highest BCUT2D eigenvalue weighted by Gasteiger charge is 2.28. The van der Waals surface area contributed by atoms with Gasteiger partial charge in [0.1, 0.15) is 0 Å². The van der Waals surface area contributed by atoms with Gasteiger partial charge in [-0.3, -0.25) is 14.9 Å². The summed E-state index contributed by atoms with van der Waals surface area (Å²) in [6.45, 7) is 3.57. The smallest absolute Gasteiger partial charge is 0.238 e. The molecule has 1 aromatic carbocycles. The summed E-state index contributed by atoms with van der Waals surface area (Å²) in [4.78, 5) is 22.9. The monoisotopic (exact) mass is 249 g/mol. The summed E-state index contributed by atoms with van der Waals surface area (Å²) in [6, 6.07) is 9.14. The van der Waals surface area contributed by atoms with Gasteiger partial charge in [0.25, 0.3) is 0 Å². The molecule has 98 valence electrons. The second kappa shape index (κ2) is 6.16. The summed E-state index contributed by atoms with van der Waals surface area (Å²) in [5.74, 6) is -0.667. The minimum absolute atomic E-state index is 0.0438. The van der Waals surface area contributed by atoms with Crippen molar-refractivity contribution < 1.29 is 9.59 Å². The van der Waals surface area contributed by atoms with Gasteiger partial charge in [0.05, 0.1) is 12.1 Å². The molecule has 1 aromatic rings. The van der Waals surface area contributed by atoms with Gasteiger partial charge in [0, 0.05) is 5.69 Å². The highest BCUT2D eigenvalue weighted by molar-refractivity contribution is 5.93. The standard InChI is InChI=1S/C13H19N3O2/c1-3-13(2,12(14)18)15-9-11(17)16-10-7-5-4-6-8-10/h4-8,15H,3,9H2,1-2H3,(H2,14,18)(H,16,17). The number of nitrogens with one attached hydrogen (secondary N) is 2.